The molecule has 0 saturated carbocycles. The average Bonchev–Trinajstić information content (AvgIpc) is 2.43. The van der Waals surface area contributed by atoms with Crippen LogP contribution in [0.15, 0.2) is 36.4 Å². The first-order valence-corrected chi connectivity index (χ1v) is 6.23. The predicted molar refractivity (Wildman–Crippen MR) is 75.5 cm³/mol. The summed E-state index contributed by atoms with van der Waals surface area (Å²) in [6, 6.07) is 9.98. The summed E-state index contributed by atoms with van der Waals surface area (Å²) in [6.07, 6.45) is 0. The van der Waals surface area contributed by atoms with Gasteiger partial charge in [0.2, 0.25) is 0 Å². The monoisotopic (exact) mass is 308 g/mol. The fraction of sp³-hybridized carbons (Fsp3) is 0. The Kier molecular flexibility index (Phi) is 4.23. The third-order valence-electron chi connectivity index (χ3n) is 2.52. The molecule has 0 aliphatic carbocycles. The molecule has 2 aromatic carbocycles. The molecule has 3 nitrogen and oxygen atoms in total. The van der Waals surface area contributed by atoms with Gasteiger partial charge in [0.15, 0.2) is 0 Å². The lowest BCUT2D eigenvalue weighted by Gasteiger charge is -2.07. The molecular formula is C14H7Cl2FN2O. The summed E-state index contributed by atoms with van der Waals surface area (Å²) >= 11 is 11.5. The summed E-state index contributed by atoms with van der Waals surface area (Å²) in [5, 5.41) is 11.9. The van der Waals surface area contributed by atoms with E-state index in [0.717, 1.165) is 6.07 Å². The Labute approximate surface area is 124 Å². The van der Waals surface area contributed by atoms with Crippen molar-refractivity contribution in [2.75, 3.05) is 5.32 Å². The second-order valence-corrected chi connectivity index (χ2v) is 4.73. The molecule has 0 saturated heterocycles. The summed E-state index contributed by atoms with van der Waals surface area (Å²) in [4.78, 5) is 11.9. The highest BCUT2D eigenvalue weighted by molar-refractivity contribution is 6.32. The Morgan fingerprint density at radius 3 is 2.65 bits per heavy atom. The zero-order valence-electron chi connectivity index (χ0n) is 9.95. The SMILES string of the molecule is N#Cc1cc(NC(=O)c2cc(Cl)ccc2F)ccc1Cl. The van der Waals surface area contributed by atoms with E-state index >= 15 is 0 Å². The summed E-state index contributed by atoms with van der Waals surface area (Å²) in [5.41, 5.74) is 0.386. The lowest BCUT2D eigenvalue weighted by atomic mass is 10.1. The molecule has 0 heterocycles. The van der Waals surface area contributed by atoms with Crippen LogP contribution in [0.3, 0.4) is 0 Å². The largest absolute Gasteiger partial charge is 0.322 e. The van der Waals surface area contributed by atoms with Crippen LogP contribution >= 0.6 is 23.2 Å². The molecule has 0 fully saturated rings. The van der Waals surface area contributed by atoms with Crippen molar-refractivity contribution in [1.82, 2.24) is 0 Å². The molecule has 1 N–H and O–H groups in total. The van der Waals surface area contributed by atoms with Crippen LogP contribution in [0.4, 0.5) is 10.1 Å². The van der Waals surface area contributed by atoms with Crippen LogP contribution in [0.5, 0.6) is 0 Å². The number of benzene rings is 2. The van der Waals surface area contributed by atoms with E-state index in [2.05, 4.69) is 5.32 Å². The molecule has 0 aliphatic rings. The van der Waals surface area contributed by atoms with Crippen molar-refractivity contribution in [3.63, 3.8) is 0 Å². The number of nitrogens with zero attached hydrogens (tertiary/aromatic N) is 1. The number of anilines is 1. The molecule has 0 bridgehead atoms. The van der Waals surface area contributed by atoms with Crippen molar-refractivity contribution in [3.05, 3.63) is 63.4 Å². The number of nitriles is 1. The standard InChI is InChI=1S/C14H7Cl2FN2O/c15-9-1-4-13(17)11(6-9)14(20)19-10-2-3-12(16)8(5-10)7-18/h1-6H,(H,19,20). The minimum Gasteiger partial charge on any atom is -0.322 e. The number of halogens is 3. The molecule has 0 aliphatic heterocycles. The van der Waals surface area contributed by atoms with Crippen molar-refractivity contribution in [2.24, 2.45) is 0 Å². The van der Waals surface area contributed by atoms with Crippen molar-refractivity contribution in [2.45, 2.75) is 0 Å². The van der Waals surface area contributed by atoms with Crippen LogP contribution in [-0.2, 0) is 0 Å². The van der Waals surface area contributed by atoms with Crippen molar-refractivity contribution >= 4 is 34.8 Å². The van der Waals surface area contributed by atoms with Gasteiger partial charge in [0, 0.05) is 10.7 Å². The summed E-state index contributed by atoms with van der Waals surface area (Å²) in [6.45, 7) is 0. The zero-order chi connectivity index (χ0) is 14.7. The van der Waals surface area contributed by atoms with Crippen molar-refractivity contribution < 1.29 is 9.18 Å². The zero-order valence-corrected chi connectivity index (χ0v) is 11.5. The molecule has 2 rings (SSSR count). The van der Waals surface area contributed by atoms with E-state index in [1.165, 1.54) is 30.3 Å². The Morgan fingerprint density at radius 1 is 1.20 bits per heavy atom. The van der Waals surface area contributed by atoms with Gasteiger partial charge in [-0.1, -0.05) is 23.2 Å². The number of hydrogen-bond acceptors (Lipinski definition) is 2. The number of rotatable bonds is 2. The first-order valence-electron chi connectivity index (χ1n) is 5.47. The van der Waals surface area contributed by atoms with E-state index < -0.39 is 11.7 Å². The Bertz CT molecular complexity index is 726. The van der Waals surface area contributed by atoms with Crippen molar-refractivity contribution in [3.8, 4) is 6.07 Å². The van der Waals surface area contributed by atoms with E-state index in [1.807, 2.05) is 6.07 Å². The quantitative estimate of drug-likeness (QED) is 0.901. The average molecular weight is 309 g/mol. The maximum absolute atomic E-state index is 13.5. The second-order valence-electron chi connectivity index (χ2n) is 3.88. The van der Waals surface area contributed by atoms with Gasteiger partial charge in [-0.3, -0.25) is 4.79 Å². The summed E-state index contributed by atoms with van der Waals surface area (Å²) < 4.78 is 13.5. The smallest absolute Gasteiger partial charge is 0.258 e. The maximum Gasteiger partial charge on any atom is 0.258 e. The molecule has 0 unspecified atom stereocenters. The van der Waals surface area contributed by atoms with Gasteiger partial charge >= 0.3 is 0 Å². The number of nitrogens with one attached hydrogen (secondary N) is 1. The number of carbonyl (C=O) groups is 1. The van der Waals surface area contributed by atoms with Gasteiger partial charge in [-0.15, -0.1) is 0 Å². The first kappa shape index (κ1) is 14.3. The first-order chi connectivity index (χ1) is 9.51. The Hall–Kier alpha value is -2.09. The van der Waals surface area contributed by atoms with E-state index in [-0.39, 0.29) is 21.2 Å². The minimum absolute atomic E-state index is 0.175. The highest BCUT2D eigenvalue weighted by Gasteiger charge is 2.13. The van der Waals surface area contributed by atoms with E-state index in [1.54, 1.807) is 0 Å². The van der Waals surface area contributed by atoms with Crippen LogP contribution in [-0.4, -0.2) is 5.91 Å². The highest BCUT2D eigenvalue weighted by atomic mass is 35.5. The van der Waals surface area contributed by atoms with Crippen LogP contribution in [0.2, 0.25) is 10.0 Å². The lowest BCUT2D eigenvalue weighted by Crippen LogP contribution is -2.13. The van der Waals surface area contributed by atoms with Gasteiger partial charge in [-0.05, 0) is 36.4 Å². The molecule has 20 heavy (non-hydrogen) atoms. The molecule has 0 radical (unpaired) electrons. The van der Waals surface area contributed by atoms with E-state index in [0.29, 0.717) is 5.69 Å². The lowest BCUT2D eigenvalue weighted by molar-refractivity contribution is 0.102. The third kappa shape index (κ3) is 3.08. The molecule has 6 heteroatoms. The third-order valence-corrected chi connectivity index (χ3v) is 3.08. The van der Waals surface area contributed by atoms with Crippen LogP contribution in [0.25, 0.3) is 0 Å². The number of carbonyl (C=O) groups excluding carboxylic acids is 1. The Morgan fingerprint density at radius 2 is 1.95 bits per heavy atom. The minimum atomic E-state index is -0.679. The predicted octanol–water partition coefficient (Wildman–Crippen LogP) is 4.26. The van der Waals surface area contributed by atoms with Gasteiger partial charge in [-0.25, -0.2) is 4.39 Å². The van der Waals surface area contributed by atoms with Gasteiger partial charge in [0.1, 0.15) is 11.9 Å². The molecule has 0 atom stereocenters. The fourth-order valence-electron chi connectivity index (χ4n) is 1.56. The normalized spacial score (nSPS) is 9.90. The van der Waals surface area contributed by atoms with Gasteiger partial charge in [0.05, 0.1) is 16.1 Å². The Balaban J connectivity index is 2.28. The van der Waals surface area contributed by atoms with Crippen molar-refractivity contribution in [1.29, 1.82) is 5.26 Å². The maximum atomic E-state index is 13.5. The van der Waals surface area contributed by atoms with Crippen LogP contribution in [0, 0.1) is 17.1 Å². The molecule has 1 amide bonds. The van der Waals surface area contributed by atoms with E-state index in [4.69, 9.17) is 28.5 Å². The molecular weight excluding hydrogens is 302 g/mol. The molecule has 2 aromatic rings. The van der Waals surface area contributed by atoms with Gasteiger partial charge in [0.25, 0.3) is 5.91 Å². The summed E-state index contributed by atoms with van der Waals surface area (Å²) in [7, 11) is 0. The fourth-order valence-corrected chi connectivity index (χ4v) is 1.89. The topological polar surface area (TPSA) is 52.9 Å². The van der Waals surface area contributed by atoms with Crippen LogP contribution in [0.1, 0.15) is 15.9 Å². The van der Waals surface area contributed by atoms with Gasteiger partial charge in [-0.2, -0.15) is 5.26 Å². The number of hydrogen-bond donors (Lipinski definition) is 1. The second kappa shape index (κ2) is 5.91. The van der Waals surface area contributed by atoms with Crippen LogP contribution < -0.4 is 5.32 Å². The van der Waals surface area contributed by atoms with E-state index in [9.17, 15) is 9.18 Å². The number of amides is 1. The summed E-state index contributed by atoms with van der Waals surface area (Å²) in [5.74, 6) is -1.34. The van der Waals surface area contributed by atoms with Gasteiger partial charge < -0.3 is 5.32 Å². The molecule has 0 aromatic heterocycles. The highest BCUT2D eigenvalue weighted by Crippen LogP contribution is 2.21. The molecule has 100 valence electrons. The molecule has 0 spiro atoms.